The van der Waals surface area contributed by atoms with E-state index in [1.807, 2.05) is 6.08 Å². The maximum Gasteiger partial charge on any atom is 0.220 e. The Morgan fingerprint density at radius 3 is 1.09 bits per heavy atom. The van der Waals surface area contributed by atoms with E-state index >= 15 is 0 Å². The van der Waals surface area contributed by atoms with Gasteiger partial charge < -0.3 is 15.5 Å². The second kappa shape index (κ2) is 45.0. The molecule has 3 N–H and O–H groups in total. The van der Waals surface area contributed by atoms with E-state index in [1.54, 1.807) is 6.08 Å². The molecule has 0 bridgehead atoms. The molecule has 0 spiro atoms. The van der Waals surface area contributed by atoms with Crippen molar-refractivity contribution in [2.75, 3.05) is 6.61 Å². The van der Waals surface area contributed by atoms with Crippen LogP contribution in [0.15, 0.2) is 36.5 Å². The SMILES string of the molecule is CCCCCCCCCCC/C=C\CCCCCCCC(=O)NC(CO)C(O)/C=C/CC/C=C/CCCCCCCCCCCCCCCCCCC. The Bertz CT molecular complexity index is 806. The molecular weight excluding hydrogens is 651 g/mol. The van der Waals surface area contributed by atoms with Crippen molar-refractivity contribution in [1.29, 1.82) is 0 Å². The Labute approximate surface area is 331 Å². The van der Waals surface area contributed by atoms with E-state index in [4.69, 9.17) is 0 Å². The van der Waals surface area contributed by atoms with Gasteiger partial charge in [0.2, 0.25) is 5.91 Å². The molecular formula is C49H93NO3. The molecule has 0 rings (SSSR count). The molecule has 0 heterocycles. The largest absolute Gasteiger partial charge is 0.394 e. The number of hydrogen-bond donors (Lipinski definition) is 3. The topological polar surface area (TPSA) is 69.6 Å². The summed E-state index contributed by atoms with van der Waals surface area (Å²) in [5.41, 5.74) is 0. The highest BCUT2D eigenvalue weighted by Crippen LogP contribution is 2.15. The van der Waals surface area contributed by atoms with Gasteiger partial charge in [-0.3, -0.25) is 4.79 Å². The zero-order chi connectivity index (χ0) is 38.6. The summed E-state index contributed by atoms with van der Waals surface area (Å²) in [6.45, 7) is 4.31. The Morgan fingerprint density at radius 2 is 0.736 bits per heavy atom. The van der Waals surface area contributed by atoms with Gasteiger partial charge in [0.25, 0.3) is 0 Å². The maximum atomic E-state index is 12.4. The summed E-state index contributed by atoms with van der Waals surface area (Å²) in [5.74, 6) is -0.0804. The number of hydrogen-bond acceptors (Lipinski definition) is 3. The first-order chi connectivity index (χ1) is 26.2. The highest BCUT2D eigenvalue weighted by Gasteiger charge is 2.17. The monoisotopic (exact) mass is 744 g/mol. The van der Waals surface area contributed by atoms with Crippen LogP contribution in [0.25, 0.3) is 0 Å². The second-order valence-corrected chi connectivity index (χ2v) is 16.2. The predicted molar refractivity (Wildman–Crippen MR) is 235 cm³/mol. The van der Waals surface area contributed by atoms with Crippen LogP contribution in [-0.4, -0.2) is 34.9 Å². The summed E-state index contributed by atoms with van der Waals surface area (Å²) in [5, 5.41) is 23.0. The van der Waals surface area contributed by atoms with E-state index in [1.165, 1.54) is 186 Å². The Kier molecular flexibility index (Phi) is 43.8. The molecule has 0 saturated heterocycles. The zero-order valence-corrected chi connectivity index (χ0v) is 35.8. The Morgan fingerprint density at radius 1 is 0.434 bits per heavy atom. The lowest BCUT2D eigenvalue weighted by Crippen LogP contribution is -2.45. The summed E-state index contributed by atoms with van der Waals surface area (Å²) in [6.07, 6.45) is 59.8. The molecule has 0 saturated carbocycles. The molecule has 4 heteroatoms. The van der Waals surface area contributed by atoms with Crippen molar-refractivity contribution in [1.82, 2.24) is 5.32 Å². The van der Waals surface area contributed by atoms with Crippen LogP contribution in [0.2, 0.25) is 0 Å². The van der Waals surface area contributed by atoms with Gasteiger partial charge in [-0.05, 0) is 57.8 Å². The van der Waals surface area contributed by atoms with E-state index < -0.39 is 12.1 Å². The van der Waals surface area contributed by atoms with Crippen molar-refractivity contribution in [3.05, 3.63) is 36.5 Å². The molecule has 2 unspecified atom stereocenters. The molecule has 2 atom stereocenters. The average Bonchev–Trinajstić information content (AvgIpc) is 3.16. The summed E-state index contributed by atoms with van der Waals surface area (Å²) < 4.78 is 0. The predicted octanol–water partition coefficient (Wildman–Crippen LogP) is 15.0. The number of aliphatic hydroxyl groups is 2. The van der Waals surface area contributed by atoms with Crippen molar-refractivity contribution in [2.24, 2.45) is 0 Å². The Balaban J connectivity index is 3.59. The molecule has 0 aromatic carbocycles. The van der Waals surface area contributed by atoms with Gasteiger partial charge in [0.1, 0.15) is 0 Å². The molecule has 1 amide bonds. The van der Waals surface area contributed by atoms with Gasteiger partial charge in [0, 0.05) is 6.42 Å². The second-order valence-electron chi connectivity index (χ2n) is 16.2. The summed E-state index contributed by atoms with van der Waals surface area (Å²) in [7, 11) is 0. The van der Waals surface area contributed by atoms with Gasteiger partial charge in [0.05, 0.1) is 18.8 Å². The van der Waals surface area contributed by atoms with Crippen LogP contribution < -0.4 is 5.32 Å². The fourth-order valence-corrected chi connectivity index (χ4v) is 7.19. The van der Waals surface area contributed by atoms with Crippen LogP contribution in [0.4, 0.5) is 0 Å². The van der Waals surface area contributed by atoms with Crippen molar-refractivity contribution in [3.63, 3.8) is 0 Å². The minimum absolute atomic E-state index is 0.0804. The third kappa shape index (κ3) is 41.6. The molecule has 0 aromatic heterocycles. The fraction of sp³-hybridized carbons (Fsp3) is 0.857. The number of amides is 1. The number of rotatable bonds is 43. The molecule has 312 valence electrons. The zero-order valence-electron chi connectivity index (χ0n) is 35.8. The van der Waals surface area contributed by atoms with Gasteiger partial charge in [-0.1, -0.05) is 224 Å². The van der Waals surface area contributed by atoms with Gasteiger partial charge in [-0.25, -0.2) is 0 Å². The number of carbonyl (C=O) groups is 1. The molecule has 0 fully saturated rings. The lowest BCUT2D eigenvalue weighted by molar-refractivity contribution is -0.123. The third-order valence-electron chi connectivity index (χ3n) is 10.8. The first-order valence-electron chi connectivity index (χ1n) is 23.7. The van der Waals surface area contributed by atoms with Crippen molar-refractivity contribution < 1.29 is 15.0 Å². The van der Waals surface area contributed by atoms with E-state index in [0.717, 1.165) is 44.9 Å². The Hall–Kier alpha value is -1.39. The van der Waals surface area contributed by atoms with E-state index in [-0.39, 0.29) is 12.5 Å². The van der Waals surface area contributed by atoms with E-state index in [9.17, 15) is 15.0 Å². The lowest BCUT2D eigenvalue weighted by Gasteiger charge is -2.19. The molecule has 0 aromatic rings. The first kappa shape index (κ1) is 51.6. The standard InChI is InChI=1S/C49H93NO3/c1-3-5-7-9-11-13-15-17-19-21-23-24-25-26-27-28-30-32-34-36-38-40-42-44-48(52)47(46-51)50-49(53)45-43-41-39-37-35-33-31-29-22-20-18-16-14-12-10-8-6-4-2/h29,31,34,36,42,44,47-48,51-52H,3-28,30,32-33,35,37-41,43,45-46H2,1-2H3,(H,50,53)/b31-29-,36-34+,44-42+. The smallest absolute Gasteiger partial charge is 0.220 e. The van der Waals surface area contributed by atoms with Crippen LogP contribution in [0.5, 0.6) is 0 Å². The maximum absolute atomic E-state index is 12.4. The number of nitrogens with one attached hydrogen (secondary N) is 1. The van der Waals surface area contributed by atoms with Crippen molar-refractivity contribution in [2.45, 2.75) is 264 Å². The molecule has 0 radical (unpaired) electrons. The first-order valence-corrected chi connectivity index (χ1v) is 23.7. The number of unbranched alkanes of at least 4 members (excludes halogenated alkanes) is 32. The minimum atomic E-state index is -0.865. The normalized spacial score (nSPS) is 13.2. The highest BCUT2D eigenvalue weighted by molar-refractivity contribution is 5.76. The summed E-state index contributed by atoms with van der Waals surface area (Å²) in [4.78, 5) is 12.4. The van der Waals surface area contributed by atoms with Crippen LogP contribution >= 0.6 is 0 Å². The van der Waals surface area contributed by atoms with Crippen LogP contribution in [0.3, 0.4) is 0 Å². The van der Waals surface area contributed by atoms with Gasteiger partial charge in [-0.2, -0.15) is 0 Å². The van der Waals surface area contributed by atoms with Crippen molar-refractivity contribution in [3.8, 4) is 0 Å². The van der Waals surface area contributed by atoms with Gasteiger partial charge in [0.15, 0.2) is 0 Å². The molecule has 53 heavy (non-hydrogen) atoms. The van der Waals surface area contributed by atoms with Crippen LogP contribution in [0, 0.1) is 0 Å². The summed E-state index contributed by atoms with van der Waals surface area (Å²) >= 11 is 0. The minimum Gasteiger partial charge on any atom is -0.394 e. The molecule has 4 nitrogen and oxygen atoms in total. The molecule has 0 aliphatic heterocycles. The molecule has 0 aliphatic carbocycles. The third-order valence-corrected chi connectivity index (χ3v) is 10.8. The summed E-state index contributed by atoms with van der Waals surface area (Å²) in [6, 6.07) is -0.642. The molecule has 0 aliphatic rings. The van der Waals surface area contributed by atoms with Crippen LogP contribution in [0.1, 0.15) is 251 Å². The van der Waals surface area contributed by atoms with Crippen molar-refractivity contribution >= 4 is 5.91 Å². The van der Waals surface area contributed by atoms with E-state index in [0.29, 0.717) is 6.42 Å². The number of allylic oxidation sites excluding steroid dienone is 5. The fourth-order valence-electron chi connectivity index (χ4n) is 7.19. The number of aliphatic hydroxyl groups excluding tert-OH is 2. The van der Waals surface area contributed by atoms with Crippen LogP contribution in [-0.2, 0) is 4.79 Å². The quantitative estimate of drug-likeness (QED) is 0.0430. The van der Waals surface area contributed by atoms with Gasteiger partial charge >= 0.3 is 0 Å². The number of carbonyl (C=O) groups excluding carboxylic acids is 1. The average molecular weight is 744 g/mol. The van der Waals surface area contributed by atoms with Gasteiger partial charge in [-0.15, -0.1) is 0 Å². The van der Waals surface area contributed by atoms with E-state index in [2.05, 4.69) is 43.5 Å². The highest BCUT2D eigenvalue weighted by atomic mass is 16.3. The lowest BCUT2D eigenvalue weighted by atomic mass is 10.0.